The lowest BCUT2D eigenvalue weighted by Gasteiger charge is -2.12. The fourth-order valence-corrected chi connectivity index (χ4v) is 2.41. The van der Waals surface area contributed by atoms with Crippen LogP contribution in [0.15, 0.2) is 33.5 Å². The average Bonchev–Trinajstić information content (AvgIpc) is 2.80. The standard InChI is InChI=1S/C11H8Br2N2O3/c12-5-1-2-7(13)6(3-5)10(16)8-9(11(17)18)15-4-14-8/h1-4,10,16H,(H,14,15)(H,17,18). The van der Waals surface area contributed by atoms with Gasteiger partial charge in [-0.05, 0) is 18.2 Å². The summed E-state index contributed by atoms with van der Waals surface area (Å²) in [4.78, 5) is 17.3. The molecule has 2 aromatic rings. The Hall–Kier alpha value is -1.18. The van der Waals surface area contributed by atoms with Crippen LogP contribution in [0.1, 0.15) is 27.8 Å². The third-order valence-corrected chi connectivity index (χ3v) is 3.61. The minimum atomic E-state index is -1.18. The molecule has 0 aliphatic carbocycles. The van der Waals surface area contributed by atoms with Gasteiger partial charge in [0.05, 0.1) is 12.0 Å². The maximum absolute atomic E-state index is 11.0. The smallest absolute Gasteiger partial charge is 0.356 e. The van der Waals surface area contributed by atoms with Crippen molar-refractivity contribution in [3.8, 4) is 0 Å². The number of hydrogen-bond acceptors (Lipinski definition) is 3. The van der Waals surface area contributed by atoms with Crippen LogP contribution in [-0.2, 0) is 0 Å². The second-order valence-corrected chi connectivity index (χ2v) is 5.31. The lowest BCUT2D eigenvalue weighted by atomic mass is 10.1. The Morgan fingerprint density at radius 1 is 1.39 bits per heavy atom. The number of H-pyrrole nitrogens is 1. The monoisotopic (exact) mass is 374 g/mol. The summed E-state index contributed by atoms with van der Waals surface area (Å²) in [5, 5.41) is 19.2. The van der Waals surface area contributed by atoms with Crippen LogP contribution >= 0.6 is 31.9 Å². The number of nitrogens with one attached hydrogen (secondary N) is 1. The molecule has 18 heavy (non-hydrogen) atoms. The Kier molecular flexibility index (Phi) is 3.84. The molecule has 3 N–H and O–H groups in total. The number of aromatic amines is 1. The van der Waals surface area contributed by atoms with Gasteiger partial charge < -0.3 is 15.2 Å². The number of imidazole rings is 1. The fourth-order valence-electron chi connectivity index (χ4n) is 1.56. The molecule has 1 aromatic heterocycles. The molecule has 1 heterocycles. The van der Waals surface area contributed by atoms with Crippen molar-refractivity contribution in [2.45, 2.75) is 6.10 Å². The number of rotatable bonds is 3. The molecule has 0 amide bonds. The summed E-state index contributed by atoms with van der Waals surface area (Å²) in [6.07, 6.45) is 0.152. The second kappa shape index (κ2) is 5.21. The van der Waals surface area contributed by atoms with Gasteiger partial charge in [-0.25, -0.2) is 9.78 Å². The molecule has 1 unspecified atom stereocenters. The van der Waals surface area contributed by atoms with Crippen molar-refractivity contribution in [2.24, 2.45) is 0 Å². The lowest BCUT2D eigenvalue weighted by molar-refractivity contribution is 0.0685. The van der Waals surface area contributed by atoms with Gasteiger partial charge in [0.15, 0.2) is 5.69 Å². The number of aliphatic hydroxyl groups excluding tert-OH is 1. The largest absolute Gasteiger partial charge is 0.476 e. The zero-order valence-corrected chi connectivity index (χ0v) is 12.1. The van der Waals surface area contributed by atoms with E-state index in [0.717, 1.165) is 4.47 Å². The van der Waals surface area contributed by atoms with Crippen molar-refractivity contribution in [1.29, 1.82) is 0 Å². The second-order valence-electron chi connectivity index (χ2n) is 3.54. The molecule has 5 nitrogen and oxygen atoms in total. The molecule has 0 bridgehead atoms. The molecule has 7 heteroatoms. The zero-order valence-electron chi connectivity index (χ0n) is 8.89. The SMILES string of the molecule is O=C(O)c1nc[nH]c1C(O)c1cc(Br)ccc1Br. The molecule has 0 radical (unpaired) electrons. The third kappa shape index (κ3) is 2.47. The number of hydrogen-bond donors (Lipinski definition) is 3. The van der Waals surface area contributed by atoms with E-state index in [0.29, 0.717) is 10.0 Å². The van der Waals surface area contributed by atoms with Gasteiger partial charge >= 0.3 is 5.97 Å². The van der Waals surface area contributed by atoms with Crippen LogP contribution in [0.25, 0.3) is 0 Å². The number of aromatic carboxylic acids is 1. The van der Waals surface area contributed by atoms with Crippen LogP contribution in [-0.4, -0.2) is 26.2 Å². The summed E-state index contributed by atoms with van der Waals surface area (Å²) in [7, 11) is 0. The topological polar surface area (TPSA) is 86.2 Å². The number of benzene rings is 1. The van der Waals surface area contributed by atoms with Crippen LogP contribution in [0.2, 0.25) is 0 Å². The molecular weight excluding hydrogens is 368 g/mol. The number of aromatic nitrogens is 2. The van der Waals surface area contributed by atoms with Crippen molar-refractivity contribution in [3.63, 3.8) is 0 Å². The highest BCUT2D eigenvalue weighted by atomic mass is 79.9. The maximum atomic E-state index is 11.0. The van der Waals surface area contributed by atoms with Gasteiger partial charge in [0.2, 0.25) is 0 Å². The molecule has 0 fully saturated rings. The Balaban J connectivity index is 2.47. The lowest BCUT2D eigenvalue weighted by Crippen LogP contribution is -2.08. The van der Waals surface area contributed by atoms with E-state index in [1.807, 2.05) is 6.07 Å². The number of carboxylic acids is 1. The van der Waals surface area contributed by atoms with Gasteiger partial charge in [0.25, 0.3) is 0 Å². The minimum absolute atomic E-state index is 0.154. The summed E-state index contributed by atoms with van der Waals surface area (Å²) < 4.78 is 1.47. The highest BCUT2D eigenvalue weighted by Gasteiger charge is 2.23. The van der Waals surface area contributed by atoms with Gasteiger partial charge in [0, 0.05) is 14.5 Å². The van der Waals surface area contributed by atoms with Gasteiger partial charge in [0.1, 0.15) is 6.10 Å². The molecule has 1 aromatic carbocycles. The molecule has 1 atom stereocenters. The third-order valence-electron chi connectivity index (χ3n) is 2.40. The number of nitrogens with zero attached hydrogens (tertiary/aromatic N) is 1. The Morgan fingerprint density at radius 3 is 2.78 bits per heavy atom. The van der Waals surface area contributed by atoms with Crippen molar-refractivity contribution >= 4 is 37.8 Å². The highest BCUT2D eigenvalue weighted by Crippen LogP contribution is 2.31. The predicted molar refractivity (Wildman–Crippen MR) is 71.5 cm³/mol. The van der Waals surface area contributed by atoms with Crippen LogP contribution in [0.5, 0.6) is 0 Å². The van der Waals surface area contributed by atoms with E-state index >= 15 is 0 Å². The molecule has 0 aliphatic heterocycles. The summed E-state index contributed by atoms with van der Waals surface area (Å²) >= 11 is 6.62. The molecule has 94 valence electrons. The molecule has 0 aliphatic rings. The summed E-state index contributed by atoms with van der Waals surface area (Å²) in [5.41, 5.74) is 0.520. The molecular formula is C11H8Br2N2O3. The first kappa shape index (κ1) is 13.3. The van der Waals surface area contributed by atoms with Gasteiger partial charge in [-0.2, -0.15) is 0 Å². The van der Waals surface area contributed by atoms with Crippen molar-refractivity contribution in [1.82, 2.24) is 9.97 Å². The number of carbonyl (C=O) groups is 1. The molecule has 0 saturated carbocycles. The predicted octanol–water partition coefficient (Wildman–Crippen LogP) is 2.71. The van der Waals surface area contributed by atoms with Crippen LogP contribution in [0.3, 0.4) is 0 Å². The quantitative estimate of drug-likeness (QED) is 0.769. The Morgan fingerprint density at radius 2 is 2.11 bits per heavy atom. The maximum Gasteiger partial charge on any atom is 0.356 e. The van der Waals surface area contributed by atoms with Gasteiger partial charge in [-0.15, -0.1) is 0 Å². The molecule has 0 saturated heterocycles. The number of carboxylic acid groups (broad SMARTS) is 1. The molecule has 2 rings (SSSR count). The zero-order chi connectivity index (χ0) is 13.3. The van der Waals surface area contributed by atoms with Crippen molar-refractivity contribution in [2.75, 3.05) is 0 Å². The van der Waals surface area contributed by atoms with E-state index in [2.05, 4.69) is 41.8 Å². The summed E-state index contributed by atoms with van der Waals surface area (Å²) in [5.74, 6) is -1.18. The average molecular weight is 376 g/mol. The van der Waals surface area contributed by atoms with Crippen LogP contribution in [0.4, 0.5) is 0 Å². The summed E-state index contributed by atoms with van der Waals surface area (Å²) in [6, 6.07) is 5.28. The van der Waals surface area contributed by atoms with E-state index in [4.69, 9.17) is 5.11 Å². The first-order valence-corrected chi connectivity index (χ1v) is 6.49. The summed E-state index contributed by atoms with van der Waals surface area (Å²) in [6.45, 7) is 0. The first-order chi connectivity index (χ1) is 8.50. The van der Waals surface area contributed by atoms with E-state index in [1.54, 1.807) is 12.1 Å². The van der Waals surface area contributed by atoms with Crippen LogP contribution in [0, 0.1) is 0 Å². The van der Waals surface area contributed by atoms with E-state index in [1.165, 1.54) is 6.33 Å². The fraction of sp³-hybridized carbons (Fsp3) is 0.0909. The van der Waals surface area contributed by atoms with E-state index in [-0.39, 0.29) is 11.4 Å². The minimum Gasteiger partial charge on any atom is -0.476 e. The highest BCUT2D eigenvalue weighted by molar-refractivity contribution is 9.11. The normalized spacial score (nSPS) is 12.4. The van der Waals surface area contributed by atoms with Gasteiger partial charge in [-0.3, -0.25) is 0 Å². The van der Waals surface area contributed by atoms with E-state index in [9.17, 15) is 9.90 Å². The van der Waals surface area contributed by atoms with Crippen LogP contribution < -0.4 is 0 Å². The van der Waals surface area contributed by atoms with E-state index < -0.39 is 12.1 Å². The Labute approximate surface area is 119 Å². The number of aliphatic hydroxyl groups is 1. The van der Waals surface area contributed by atoms with Crippen molar-refractivity contribution in [3.05, 3.63) is 50.4 Å². The molecule has 0 spiro atoms. The first-order valence-electron chi connectivity index (χ1n) is 4.90. The Bertz CT molecular complexity index is 598. The van der Waals surface area contributed by atoms with Crippen molar-refractivity contribution < 1.29 is 15.0 Å². The number of halogens is 2. The van der Waals surface area contributed by atoms with Gasteiger partial charge in [-0.1, -0.05) is 31.9 Å².